The third-order valence-electron chi connectivity index (χ3n) is 3.12. The van der Waals surface area contributed by atoms with Gasteiger partial charge in [0.15, 0.2) is 5.69 Å². The van der Waals surface area contributed by atoms with E-state index in [9.17, 15) is 33.4 Å². The first-order valence-corrected chi connectivity index (χ1v) is 7.52. The van der Waals surface area contributed by atoms with Crippen LogP contribution in [0.25, 0.3) is 0 Å². The molecule has 0 aromatic heterocycles. The first kappa shape index (κ1) is 20.0. The molecule has 7 nitrogen and oxygen atoms in total. The van der Waals surface area contributed by atoms with E-state index in [2.05, 4.69) is 5.32 Å². The van der Waals surface area contributed by atoms with E-state index in [1.54, 1.807) is 0 Å². The molecule has 0 spiro atoms. The maximum Gasteiger partial charge on any atom is 0.418 e. The summed E-state index contributed by atoms with van der Waals surface area (Å²) >= 11 is 17.3. The molecule has 138 valence electrons. The first-order chi connectivity index (χ1) is 11.9. The molecule has 0 aliphatic rings. The molecule has 0 amide bonds. The Morgan fingerprint density at radius 1 is 0.962 bits per heavy atom. The van der Waals surface area contributed by atoms with Gasteiger partial charge < -0.3 is 5.32 Å². The largest absolute Gasteiger partial charge is 0.418 e. The lowest BCUT2D eigenvalue weighted by Crippen LogP contribution is -2.11. The maximum absolute atomic E-state index is 13.0. The van der Waals surface area contributed by atoms with Crippen LogP contribution in [-0.4, -0.2) is 9.85 Å². The van der Waals surface area contributed by atoms with E-state index in [1.807, 2.05) is 0 Å². The molecule has 0 radical (unpaired) electrons. The smallest absolute Gasteiger partial charge is 0.342 e. The van der Waals surface area contributed by atoms with Gasteiger partial charge in [-0.3, -0.25) is 20.2 Å². The number of para-hydroxylation sites is 1. The van der Waals surface area contributed by atoms with Crippen molar-refractivity contribution in [3.05, 3.63) is 65.1 Å². The summed E-state index contributed by atoms with van der Waals surface area (Å²) in [6, 6.07) is 4.17. The van der Waals surface area contributed by atoms with Crippen molar-refractivity contribution in [3.8, 4) is 0 Å². The molecule has 0 aliphatic carbocycles. The third-order valence-corrected chi connectivity index (χ3v) is 4.13. The minimum Gasteiger partial charge on any atom is -0.342 e. The Kier molecular flexibility index (Phi) is 5.49. The van der Waals surface area contributed by atoms with Gasteiger partial charge in [0.1, 0.15) is 5.02 Å². The van der Waals surface area contributed by atoms with E-state index in [0.29, 0.717) is 0 Å². The molecule has 0 heterocycles. The second-order valence-electron chi connectivity index (χ2n) is 4.71. The number of alkyl halides is 3. The van der Waals surface area contributed by atoms with Crippen molar-refractivity contribution >= 4 is 57.6 Å². The van der Waals surface area contributed by atoms with E-state index in [0.717, 1.165) is 0 Å². The Labute approximate surface area is 157 Å². The van der Waals surface area contributed by atoms with Gasteiger partial charge in [0, 0.05) is 6.07 Å². The van der Waals surface area contributed by atoms with Gasteiger partial charge in [-0.2, -0.15) is 13.2 Å². The Bertz CT molecular complexity index is 901. The third kappa shape index (κ3) is 3.76. The number of benzene rings is 2. The van der Waals surface area contributed by atoms with Gasteiger partial charge in [0.2, 0.25) is 0 Å². The lowest BCUT2D eigenvalue weighted by Gasteiger charge is -2.14. The quantitative estimate of drug-likeness (QED) is 0.458. The van der Waals surface area contributed by atoms with E-state index in [-0.39, 0.29) is 21.8 Å². The number of nitrogens with zero attached hydrogens (tertiary/aromatic N) is 2. The summed E-state index contributed by atoms with van der Waals surface area (Å²) in [4.78, 5) is 20.0. The van der Waals surface area contributed by atoms with Gasteiger partial charge in [-0.25, -0.2) is 0 Å². The molecule has 2 aromatic rings. The second kappa shape index (κ2) is 7.14. The minimum atomic E-state index is -5.15. The van der Waals surface area contributed by atoms with E-state index >= 15 is 0 Å². The van der Waals surface area contributed by atoms with Gasteiger partial charge >= 0.3 is 17.6 Å². The summed E-state index contributed by atoms with van der Waals surface area (Å²) < 4.78 is 39.1. The molecule has 26 heavy (non-hydrogen) atoms. The van der Waals surface area contributed by atoms with Crippen LogP contribution in [0.2, 0.25) is 15.1 Å². The van der Waals surface area contributed by atoms with E-state index in [4.69, 9.17) is 34.8 Å². The van der Waals surface area contributed by atoms with Crippen LogP contribution in [0, 0.1) is 20.2 Å². The lowest BCUT2D eigenvalue weighted by molar-refractivity contribution is -0.392. The molecule has 0 saturated heterocycles. The molecular weight excluding hydrogens is 426 g/mol. The fourth-order valence-electron chi connectivity index (χ4n) is 2.02. The van der Waals surface area contributed by atoms with Gasteiger partial charge in [-0.05, 0) is 12.1 Å². The molecule has 0 atom stereocenters. The van der Waals surface area contributed by atoms with Crippen molar-refractivity contribution in [1.29, 1.82) is 0 Å². The van der Waals surface area contributed by atoms with Crippen LogP contribution >= 0.6 is 34.8 Å². The van der Waals surface area contributed by atoms with Crippen LogP contribution in [0.15, 0.2) is 24.3 Å². The zero-order valence-electron chi connectivity index (χ0n) is 12.1. The Hall–Kier alpha value is -2.30. The predicted molar refractivity (Wildman–Crippen MR) is 89.5 cm³/mol. The predicted octanol–water partition coefficient (Wildman–Crippen LogP) is 6.23. The minimum absolute atomic E-state index is 0.0721. The average molecular weight is 431 g/mol. The van der Waals surface area contributed by atoms with Gasteiger partial charge in [-0.15, -0.1) is 0 Å². The number of rotatable bonds is 4. The molecule has 2 rings (SSSR count). The summed E-state index contributed by atoms with van der Waals surface area (Å²) in [5.41, 5.74) is -5.31. The molecule has 0 fully saturated rings. The zero-order chi connectivity index (χ0) is 19.8. The number of anilines is 2. The highest BCUT2D eigenvalue weighted by Gasteiger charge is 2.42. The van der Waals surface area contributed by atoms with Crippen molar-refractivity contribution in [2.75, 3.05) is 5.32 Å². The van der Waals surface area contributed by atoms with Crippen LogP contribution in [0.1, 0.15) is 5.56 Å². The highest BCUT2D eigenvalue weighted by Crippen LogP contribution is 2.49. The number of nitrogens with one attached hydrogen (secondary N) is 1. The fourth-order valence-corrected chi connectivity index (χ4v) is 2.84. The van der Waals surface area contributed by atoms with Crippen molar-refractivity contribution in [1.82, 2.24) is 0 Å². The van der Waals surface area contributed by atoms with Gasteiger partial charge in [-0.1, -0.05) is 40.9 Å². The summed E-state index contributed by atoms with van der Waals surface area (Å²) in [6.07, 6.45) is -5.15. The van der Waals surface area contributed by atoms with Crippen molar-refractivity contribution in [3.63, 3.8) is 0 Å². The van der Waals surface area contributed by atoms with Crippen LogP contribution in [0.5, 0.6) is 0 Å². The van der Waals surface area contributed by atoms with Crippen LogP contribution in [0.3, 0.4) is 0 Å². The van der Waals surface area contributed by atoms with Crippen molar-refractivity contribution in [2.24, 2.45) is 0 Å². The Balaban J connectivity index is 2.85. The SMILES string of the molecule is O=[N+]([O-])c1cc(C(F)(F)F)c(Cl)c([N+](=O)[O-])c1Nc1c(Cl)cccc1Cl. The van der Waals surface area contributed by atoms with Crippen molar-refractivity contribution < 1.29 is 23.0 Å². The zero-order valence-corrected chi connectivity index (χ0v) is 14.4. The lowest BCUT2D eigenvalue weighted by atomic mass is 10.1. The molecule has 2 aromatic carbocycles. The van der Waals surface area contributed by atoms with E-state index < -0.39 is 43.7 Å². The molecule has 1 N–H and O–H groups in total. The van der Waals surface area contributed by atoms with E-state index in [1.165, 1.54) is 18.2 Å². The van der Waals surface area contributed by atoms with Crippen LogP contribution in [-0.2, 0) is 6.18 Å². The number of hydrogen-bond donors (Lipinski definition) is 1. The summed E-state index contributed by atoms with van der Waals surface area (Å²) in [5, 5.41) is 23.3. The van der Waals surface area contributed by atoms with Gasteiger partial charge in [0.25, 0.3) is 0 Å². The fraction of sp³-hybridized carbons (Fsp3) is 0.0769. The molecule has 13 heteroatoms. The van der Waals surface area contributed by atoms with Crippen molar-refractivity contribution in [2.45, 2.75) is 6.18 Å². The normalized spacial score (nSPS) is 11.3. The first-order valence-electron chi connectivity index (χ1n) is 6.38. The highest BCUT2D eigenvalue weighted by molar-refractivity contribution is 6.39. The number of nitro groups is 2. The molecular formula is C13H5Cl3F3N3O4. The Morgan fingerprint density at radius 3 is 1.92 bits per heavy atom. The monoisotopic (exact) mass is 429 g/mol. The number of hydrogen-bond acceptors (Lipinski definition) is 5. The topological polar surface area (TPSA) is 98.3 Å². The number of nitro benzene ring substituents is 2. The summed E-state index contributed by atoms with van der Waals surface area (Å²) in [5.74, 6) is 0. The maximum atomic E-state index is 13.0. The summed E-state index contributed by atoms with van der Waals surface area (Å²) in [6.45, 7) is 0. The van der Waals surface area contributed by atoms with Crippen LogP contribution < -0.4 is 5.32 Å². The Morgan fingerprint density at radius 2 is 1.50 bits per heavy atom. The number of halogens is 6. The van der Waals surface area contributed by atoms with Crippen LogP contribution in [0.4, 0.5) is 35.9 Å². The summed E-state index contributed by atoms with van der Waals surface area (Å²) in [7, 11) is 0. The highest BCUT2D eigenvalue weighted by atomic mass is 35.5. The molecule has 0 unspecified atom stereocenters. The molecule has 0 saturated carbocycles. The average Bonchev–Trinajstić information content (AvgIpc) is 2.49. The molecule has 0 aliphatic heterocycles. The molecule has 0 bridgehead atoms. The van der Waals surface area contributed by atoms with Gasteiger partial charge in [0.05, 0.1) is 31.1 Å². The standard InChI is InChI=1S/C13H5Cl3F3N3O4/c14-6-2-1-3-7(15)10(6)20-11-8(21(23)24)4-5(13(17,18)19)9(16)12(11)22(25)26/h1-4,20H. The second-order valence-corrected chi connectivity index (χ2v) is 5.91.